The van der Waals surface area contributed by atoms with Crippen molar-refractivity contribution in [2.75, 3.05) is 0 Å². The summed E-state index contributed by atoms with van der Waals surface area (Å²) in [5.74, 6) is 0.744. The number of nitrogens with zero attached hydrogens (tertiary/aromatic N) is 2. The van der Waals surface area contributed by atoms with Gasteiger partial charge in [-0.05, 0) is 44.4 Å². The summed E-state index contributed by atoms with van der Waals surface area (Å²) in [6, 6.07) is 5.83. The molecule has 2 atom stereocenters. The first-order valence-corrected chi connectivity index (χ1v) is 9.86. The molecular formula is C19H26FN3O3S. The van der Waals surface area contributed by atoms with Crippen LogP contribution in [0.4, 0.5) is 9.18 Å². The molecule has 0 aliphatic rings. The highest BCUT2D eigenvalue weighted by Crippen LogP contribution is 2.28. The Labute approximate surface area is 163 Å². The van der Waals surface area contributed by atoms with Crippen molar-refractivity contribution in [3.05, 3.63) is 41.5 Å². The van der Waals surface area contributed by atoms with E-state index in [1.807, 2.05) is 34.6 Å². The first-order chi connectivity index (χ1) is 12.7. The van der Waals surface area contributed by atoms with Gasteiger partial charge >= 0.3 is 6.09 Å². The molecule has 27 heavy (non-hydrogen) atoms. The summed E-state index contributed by atoms with van der Waals surface area (Å²) in [4.78, 5) is 12.1. The fourth-order valence-corrected chi connectivity index (χ4v) is 2.97. The lowest BCUT2D eigenvalue weighted by atomic mass is 9.99. The molecule has 8 heteroatoms. The second-order valence-electron chi connectivity index (χ2n) is 7.33. The van der Waals surface area contributed by atoms with Crippen molar-refractivity contribution in [2.24, 2.45) is 5.92 Å². The van der Waals surface area contributed by atoms with Gasteiger partial charge < -0.3 is 14.5 Å². The van der Waals surface area contributed by atoms with Gasteiger partial charge in [0.15, 0.2) is 0 Å². The van der Waals surface area contributed by atoms with Crippen molar-refractivity contribution >= 4 is 17.9 Å². The maximum absolute atomic E-state index is 13.0. The molecular weight excluding hydrogens is 369 g/mol. The summed E-state index contributed by atoms with van der Waals surface area (Å²) in [5, 5.41) is 11.4. The first-order valence-electron chi connectivity index (χ1n) is 8.88. The molecule has 0 aliphatic carbocycles. The molecule has 6 nitrogen and oxygen atoms in total. The number of amides is 1. The van der Waals surface area contributed by atoms with Gasteiger partial charge in [-0.3, -0.25) is 0 Å². The Balaban J connectivity index is 2.04. The van der Waals surface area contributed by atoms with Crippen LogP contribution in [0.15, 0.2) is 33.9 Å². The third-order valence-electron chi connectivity index (χ3n) is 3.85. The zero-order chi connectivity index (χ0) is 20.0. The maximum atomic E-state index is 13.0. The number of hydrogen-bond donors (Lipinski definition) is 1. The number of nitrogens with one attached hydrogen (secondary N) is 1. The van der Waals surface area contributed by atoms with Crippen LogP contribution in [0.25, 0.3) is 0 Å². The lowest BCUT2D eigenvalue weighted by Crippen LogP contribution is -2.37. The molecule has 1 heterocycles. The van der Waals surface area contributed by atoms with Crippen molar-refractivity contribution in [3.8, 4) is 0 Å². The molecule has 0 saturated carbocycles. The van der Waals surface area contributed by atoms with Crippen molar-refractivity contribution < 1.29 is 18.3 Å². The van der Waals surface area contributed by atoms with E-state index in [-0.39, 0.29) is 11.7 Å². The van der Waals surface area contributed by atoms with Crippen LogP contribution >= 0.6 is 11.8 Å². The molecule has 0 bridgehead atoms. The van der Waals surface area contributed by atoms with Crippen molar-refractivity contribution in [3.63, 3.8) is 0 Å². The highest BCUT2D eigenvalue weighted by Gasteiger charge is 2.28. The first kappa shape index (κ1) is 21.2. The minimum absolute atomic E-state index is 0.0907. The van der Waals surface area contributed by atoms with Gasteiger partial charge in [0.1, 0.15) is 17.5 Å². The maximum Gasteiger partial charge on any atom is 0.408 e. The van der Waals surface area contributed by atoms with E-state index < -0.39 is 17.7 Å². The Hall–Kier alpha value is -2.09. The number of halogens is 1. The van der Waals surface area contributed by atoms with Gasteiger partial charge in [0.2, 0.25) is 5.89 Å². The summed E-state index contributed by atoms with van der Waals surface area (Å²) in [7, 11) is 0. The lowest BCUT2D eigenvalue weighted by molar-refractivity contribution is 0.0473. The van der Waals surface area contributed by atoms with Gasteiger partial charge in [-0.25, -0.2) is 9.18 Å². The van der Waals surface area contributed by atoms with E-state index in [4.69, 9.17) is 9.15 Å². The number of aromatic nitrogens is 2. The monoisotopic (exact) mass is 395 g/mol. The number of alkyl carbamates (subject to hydrolysis) is 1. The Morgan fingerprint density at radius 1 is 1.30 bits per heavy atom. The predicted molar refractivity (Wildman–Crippen MR) is 102 cm³/mol. The zero-order valence-electron chi connectivity index (χ0n) is 16.3. The summed E-state index contributed by atoms with van der Waals surface area (Å²) in [6.07, 6.45) is 0.299. The molecule has 0 unspecified atom stereocenters. The van der Waals surface area contributed by atoms with E-state index in [1.165, 1.54) is 23.9 Å². The standard InChI is InChI=1S/C19H26FN3O3S/c1-6-12(2)15(21-17(24)26-19(3,4)5)16-22-23-18(25-16)27-11-13-7-9-14(20)10-8-13/h7-10,12,15H,6,11H2,1-5H3,(H,21,24)/t12-,15+/m1/s1. The number of rotatable bonds is 7. The van der Waals surface area contributed by atoms with E-state index in [1.54, 1.807) is 12.1 Å². The van der Waals surface area contributed by atoms with Crippen LogP contribution in [0.2, 0.25) is 0 Å². The minimum atomic E-state index is -0.588. The summed E-state index contributed by atoms with van der Waals surface area (Å²) >= 11 is 1.36. The van der Waals surface area contributed by atoms with Crippen LogP contribution in [-0.4, -0.2) is 21.9 Å². The van der Waals surface area contributed by atoms with Crippen molar-refractivity contribution in [2.45, 2.75) is 63.7 Å². The van der Waals surface area contributed by atoms with Gasteiger partial charge in [-0.15, -0.1) is 10.2 Å². The minimum Gasteiger partial charge on any atom is -0.444 e. The van der Waals surface area contributed by atoms with Crippen LogP contribution in [0, 0.1) is 11.7 Å². The van der Waals surface area contributed by atoms with E-state index >= 15 is 0 Å². The Kier molecular flexibility index (Phi) is 7.24. The number of carbonyl (C=O) groups is 1. The fraction of sp³-hybridized carbons (Fsp3) is 0.526. The number of hydrogen-bond acceptors (Lipinski definition) is 6. The topological polar surface area (TPSA) is 77.2 Å². The molecule has 1 amide bonds. The summed E-state index contributed by atoms with van der Waals surface area (Å²) in [5.41, 5.74) is 0.362. The van der Waals surface area contributed by atoms with Crippen LogP contribution in [0.1, 0.15) is 58.5 Å². The Morgan fingerprint density at radius 2 is 1.96 bits per heavy atom. The molecule has 0 aliphatic heterocycles. The van der Waals surface area contributed by atoms with Gasteiger partial charge in [-0.1, -0.05) is 44.2 Å². The predicted octanol–water partition coefficient (Wildman–Crippen LogP) is 5.11. The molecule has 0 saturated heterocycles. The van der Waals surface area contributed by atoms with Crippen LogP contribution < -0.4 is 5.32 Å². The summed E-state index contributed by atoms with van der Waals surface area (Å²) < 4.78 is 24.0. The molecule has 148 valence electrons. The average molecular weight is 396 g/mol. The van der Waals surface area contributed by atoms with Crippen molar-refractivity contribution in [1.82, 2.24) is 15.5 Å². The number of ether oxygens (including phenoxy) is 1. The van der Waals surface area contributed by atoms with Gasteiger partial charge in [0.05, 0.1) is 0 Å². The van der Waals surface area contributed by atoms with E-state index in [0.717, 1.165) is 12.0 Å². The normalized spacial score (nSPS) is 13.9. The molecule has 1 N–H and O–H groups in total. The molecule has 0 radical (unpaired) electrons. The fourth-order valence-electron chi connectivity index (χ4n) is 2.25. The van der Waals surface area contributed by atoms with Gasteiger partial charge in [0.25, 0.3) is 5.22 Å². The quantitative estimate of drug-likeness (QED) is 0.656. The highest BCUT2D eigenvalue weighted by atomic mass is 32.2. The largest absolute Gasteiger partial charge is 0.444 e. The van der Waals surface area contributed by atoms with Gasteiger partial charge in [-0.2, -0.15) is 0 Å². The van der Waals surface area contributed by atoms with E-state index in [0.29, 0.717) is 16.9 Å². The second-order valence-corrected chi connectivity index (χ2v) is 8.26. The van der Waals surface area contributed by atoms with E-state index in [9.17, 15) is 9.18 Å². The van der Waals surface area contributed by atoms with Crippen LogP contribution in [-0.2, 0) is 10.5 Å². The molecule has 1 aromatic heterocycles. The number of carbonyl (C=O) groups excluding carboxylic acids is 1. The van der Waals surface area contributed by atoms with Crippen LogP contribution in [0.3, 0.4) is 0 Å². The Morgan fingerprint density at radius 3 is 2.56 bits per heavy atom. The number of benzene rings is 1. The molecule has 1 aromatic carbocycles. The SMILES string of the molecule is CC[C@@H](C)[C@H](NC(=O)OC(C)(C)C)c1nnc(SCc2ccc(F)cc2)o1. The summed E-state index contributed by atoms with van der Waals surface area (Å²) in [6.45, 7) is 9.44. The highest BCUT2D eigenvalue weighted by molar-refractivity contribution is 7.98. The molecule has 2 aromatic rings. The average Bonchev–Trinajstić information content (AvgIpc) is 3.05. The number of thioether (sulfide) groups is 1. The van der Waals surface area contributed by atoms with E-state index in [2.05, 4.69) is 15.5 Å². The van der Waals surface area contributed by atoms with Crippen molar-refractivity contribution in [1.29, 1.82) is 0 Å². The lowest BCUT2D eigenvalue weighted by Gasteiger charge is -2.24. The Bertz CT molecular complexity index is 743. The smallest absolute Gasteiger partial charge is 0.408 e. The molecule has 0 spiro atoms. The third kappa shape index (κ3) is 6.86. The van der Waals surface area contributed by atoms with Crippen LogP contribution in [0.5, 0.6) is 0 Å². The molecule has 2 rings (SSSR count). The zero-order valence-corrected chi connectivity index (χ0v) is 17.1. The molecule has 0 fully saturated rings. The third-order valence-corrected chi connectivity index (χ3v) is 4.74. The second kappa shape index (κ2) is 9.21. The van der Waals surface area contributed by atoms with Gasteiger partial charge in [0, 0.05) is 5.75 Å².